The van der Waals surface area contributed by atoms with Crippen LogP contribution in [0.5, 0.6) is 0 Å². The van der Waals surface area contributed by atoms with Gasteiger partial charge in [0, 0.05) is 38.0 Å². The van der Waals surface area contributed by atoms with E-state index in [1.54, 1.807) is 12.3 Å². The smallest absolute Gasteiger partial charge is 0.416 e. The Morgan fingerprint density at radius 3 is 2.64 bits per heavy atom. The first-order valence-corrected chi connectivity index (χ1v) is 8.42. The Morgan fingerprint density at radius 2 is 1.93 bits per heavy atom. The molecule has 0 atom stereocenters. The predicted octanol–water partition coefficient (Wildman–Crippen LogP) is 4.36. The van der Waals surface area contributed by atoms with Crippen molar-refractivity contribution in [1.82, 2.24) is 10.3 Å². The molecular formula is C20H18F3N3O2. The molecule has 1 aromatic carbocycles. The molecule has 0 bridgehead atoms. The average Bonchev–Trinajstić information content (AvgIpc) is 3.16. The van der Waals surface area contributed by atoms with Crippen LogP contribution in [0.1, 0.15) is 21.7 Å². The number of benzene rings is 1. The van der Waals surface area contributed by atoms with Crippen molar-refractivity contribution in [2.75, 3.05) is 19.0 Å². The molecule has 2 heterocycles. The summed E-state index contributed by atoms with van der Waals surface area (Å²) in [5.41, 5.74) is 0.293. The molecule has 0 aliphatic heterocycles. The van der Waals surface area contributed by atoms with Crippen LogP contribution in [0.15, 0.2) is 59.1 Å². The summed E-state index contributed by atoms with van der Waals surface area (Å²) < 4.78 is 44.1. The fourth-order valence-corrected chi connectivity index (χ4v) is 2.70. The molecule has 0 saturated carbocycles. The van der Waals surface area contributed by atoms with E-state index in [1.807, 2.05) is 25.1 Å². The molecule has 3 rings (SSSR count). The predicted molar refractivity (Wildman–Crippen MR) is 98.9 cm³/mol. The fourth-order valence-electron chi connectivity index (χ4n) is 2.70. The van der Waals surface area contributed by atoms with E-state index in [-0.39, 0.29) is 23.6 Å². The number of carbonyl (C=O) groups is 1. The van der Waals surface area contributed by atoms with Crippen molar-refractivity contribution in [1.29, 1.82) is 0 Å². The van der Waals surface area contributed by atoms with Crippen LogP contribution < -0.4 is 10.2 Å². The summed E-state index contributed by atoms with van der Waals surface area (Å²) in [4.78, 5) is 18.4. The van der Waals surface area contributed by atoms with Gasteiger partial charge >= 0.3 is 6.18 Å². The van der Waals surface area contributed by atoms with Crippen molar-refractivity contribution in [2.24, 2.45) is 0 Å². The van der Waals surface area contributed by atoms with Gasteiger partial charge in [-0.15, -0.1) is 0 Å². The first-order chi connectivity index (χ1) is 13.3. The Labute approximate surface area is 159 Å². The summed E-state index contributed by atoms with van der Waals surface area (Å²) in [7, 11) is 3.70. The van der Waals surface area contributed by atoms with Crippen molar-refractivity contribution in [2.45, 2.75) is 12.7 Å². The minimum Gasteiger partial charge on any atom is -0.451 e. The van der Waals surface area contributed by atoms with Gasteiger partial charge in [-0.1, -0.05) is 18.2 Å². The highest BCUT2D eigenvalue weighted by molar-refractivity contribution is 5.92. The number of furan rings is 1. The van der Waals surface area contributed by atoms with Crippen LogP contribution in [-0.4, -0.2) is 25.0 Å². The SMILES string of the molecule is CN(C)c1ncccc1CNC(=O)c1ccc(-c2cccc(C(F)(F)F)c2)o1. The zero-order valence-electron chi connectivity index (χ0n) is 15.2. The Morgan fingerprint density at radius 1 is 1.14 bits per heavy atom. The molecule has 28 heavy (non-hydrogen) atoms. The lowest BCUT2D eigenvalue weighted by atomic mass is 10.1. The summed E-state index contributed by atoms with van der Waals surface area (Å²) in [5, 5.41) is 2.73. The van der Waals surface area contributed by atoms with Crippen LogP contribution in [0.25, 0.3) is 11.3 Å². The third-order valence-corrected chi connectivity index (χ3v) is 4.03. The van der Waals surface area contributed by atoms with Crippen molar-refractivity contribution in [3.8, 4) is 11.3 Å². The number of hydrogen-bond donors (Lipinski definition) is 1. The number of rotatable bonds is 5. The standard InChI is InChI=1S/C20H18F3N3O2/c1-26(2)18-14(6-4-10-24-18)12-25-19(27)17-9-8-16(28-17)13-5-3-7-15(11-13)20(21,22)23/h3-11H,12H2,1-2H3,(H,25,27). The second-order valence-electron chi connectivity index (χ2n) is 6.31. The lowest BCUT2D eigenvalue weighted by Crippen LogP contribution is -2.24. The lowest BCUT2D eigenvalue weighted by molar-refractivity contribution is -0.137. The van der Waals surface area contributed by atoms with Gasteiger partial charge in [-0.3, -0.25) is 4.79 Å². The number of pyridine rings is 1. The van der Waals surface area contributed by atoms with Crippen LogP contribution in [0.3, 0.4) is 0 Å². The van der Waals surface area contributed by atoms with Gasteiger partial charge in [0.15, 0.2) is 5.76 Å². The number of carbonyl (C=O) groups excluding carboxylic acids is 1. The van der Waals surface area contributed by atoms with Crippen molar-refractivity contribution < 1.29 is 22.4 Å². The van der Waals surface area contributed by atoms with Gasteiger partial charge in [0.05, 0.1) is 5.56 Å². The number of halogens is 3. The lowest BCUT2D eigenvalue weighted by Gasteiger charge is -2.15. The van der Waals surface area contributed by atoms with Gasteiger partial charge in [0.1, 0.15) is 11.6 Å². The number of amides is 1. The summed E-state index contributed by atoms with van der Waals surface area (Å²) in [6.45, 7) is 0.236. The molecule has 0 unspecified atom stereocenters. The molecule has 146 valence electrons. The van der Waals surface area contributed by atoms with E-state index in [0.29, 0.717) is 0 Å². The second kappa shape index (κ2) is 7.75. The Hall–Kier alpha value is -3.29. The van der Waals surface area contributed by atoms with Gasteiger partial charge in [-0.05, 0) is 30.3 Å². The molecule has 0 radical (unpaired) electrons. The van der Waals surface area contributed by atoms with Gasteiger partial charge in [0.2, 0.25) is 0 Å². The number of hydrogen-bond acceptors (Lipinski definition) is 4. The zero-order valence-corrected chi connectivity index (χ0v) is 15.2. The van der Waals surface area contributed by atoms with Crippen molar-refractivity contribution >= 4 is 11.7 Å². The quantitative estimate of drug-likeness (QED) is 0.705. The van der Waals surface area contributed by atoms with E-state index in [2.05, 4.69) is 10.3 Å². The van der Waals surface area contributed by atoms with E-state index in [9.17, 15) is 18.0 Å². The van der Waals surface area contributed by atoms with Crippen LogP contribution >= 0.6 is 0 Å². The number of aromatic nitrogens is 1. The molecule has 8 heteroatoms. The van der Waals surface area contributed by atoms with Crippen molar-refractivity contribution in [3.63, 3.8) is 0 Å². The molecule has 0 aliphatic rings. The van der Waals surface area contributed by atoms with Crippen molar-refractivity contribution in [3.05, 3.63) is 71.6 Å². The number of nitrogens with one attached hydrogen (secondary N) is 1. The summed E-state index contributed by atoms with van der Waals surface area (Å²) in [5.74, 6) is 0.466. The maximum absolute atomic E-state index is 12.9. The van der Waals surface area contributed by atoms with Crippen LogP contribution in [-0.2, 0) is 12.7 Å². The highest BCUT2D eigenvalue weighted by Crippen LogP contribution is 2.32. The Bertz CT molecular complexity index is 981. The number of alkyl halides is 3. The molecule has 0 aliphatic carbocycles. The van der Waals surface area contributed by atoms with Crippen LogP contribution in [0.4, 0.5) is 19.0 Å². The van der Waals surface area contributed by atoms with E-state index in [0.717, 1.165) is 23.5 Å². The monoisotopic (exact) mass is 389 g/mol. The van der Waals surface area contributed by atoms with Crippen LogP contribution in [0, 0.1) is 0 Å². The van der Waals surface area contributed by atoms with Gasteiger partial charge in [-0.2, -0.15) is 13.2 Å². The number of nitrogens with zero attached hydrogens (tertiary/aromatic N) is 2. The van der Waals surface area contributed by atoms with E-state index in [1.165, 1.54) is 24.3 Å². The Kier molecular flexibility index (Phi) is 5.39. The molecule has 0 spiro atoms. The first kappa shape index (κ1) is 19.5. The number of anilines is 1. The van der Waals surface area contributed by atoms with E-state index >= 15 is 0 Å². The van der Waals surface area contributed by atoms with Gasteiger partial charge in [0.25, 0.3) is 5.91 Å². The molecule has 0 fully saturated rings. The first-order valence-electron chi connectivity index (χ1n) is 8.42. The fraction of sp³-hybridized carbons (Fsp3) is 0.200. The highest BCUT2D eigenvalue weighted by Gasteiger charge is 2.30. The maximum Gasteiger partial charge on any atom is 0.416 e. The summed E-state index contributed by atoms with van der Waals surface area (Å²) >= 11 is 0. The minimum absolute atomic E-state index is 0.0164. The van der Waals surface area contributed by atoms with E-state index < -0.39 is 17.6 Å². The van der Waals surface area contributed by atoms with Gasteiger partial charge in [-0.25, -0.2) is 4.98 Å². The molecule has 0 saturated heterocycles. The third kappa shape index (κ3) is 4.33. The normalized spacial score (nSPS) is 11.3. The highest BCUT2D eigenvalue weighted by atomic mass is 19.4. The average molecular weight is 389 g/mol. The zero-order chi connectivity index (χ0) is 20.3. The summed E-state index contributed by atoms with van der Waals surface area (Å²) in [6, 6.07) is 11.3. The van der Waals surface area contributed by atoms with Crippen LogP contribution in [0.2, 0.25) is 0 Å². The molecule has 5 nitrogen and oxygen atoms in total. The molecule has 2 aromatic heterocycles. The van der Waals surface area contributed by atoms with Gasteiger partial charge < -0.3 is 14.6 Å². The minimum atomic E-state index is -4.45. The summed E-state index contributed by atoms with van der Waals surface area (Å²) in [6.07, 6.45) is -2.79. The molecular weight excluding hydrogens is 371 g/mol. The topological polar surface area (TPSA) is 58.4 Å². The molecule has 1 amide bonds. The largest absolute Gasteiger partial charge is 0.451 e. The molecule has 3 aromatic rings. The van der Waals surface area contributed by atoms with E-state index in [4.69, 9.17) is 4.42 Å². The maximum atomic E-state index is 12.9. The second-order valence-corrected chi connectivity index (χ2v) is 6.31. The Balaban J connectivity index is 1.73. The molecule has 1 N–H and O–H groups in total. The third-order valence-electron chi connectivity index (χ3n) is 4.03.